The summed E-state index contributed by atoms with van der Waals surface area (Å²) in [6, 6.07) is 7.11. The molecule has 1 aromatic carbocycles. The topological polar surface area (TPSA) is 158 Å². The SMILES string of the molecule is C=C1[C@H](COP(=O)(N[C@@H](C)C(=O)OC2CCCCC2)Oc2ccccc2)[C@@H](O)C[C@@H]1n1cnc2c(=O)[nH]cnc21. The summed E-state index contributed by atoms with van der Waals surface area (Å²) in [4.78, 5) is 35.8. The van der Waals surface area contributed by atoms with Crippen molar-refractivity contribution in [3.05, 3.63) is 65.5 Å². The van der Waals surface area contributed by atoms with Crippen molar-refractivity contribution in [1.82, 2.24) is 24.6 Å². The molecule has 2 aliphatic rings. The zero-order chi connectivity index (χ0) is 28.3. The Bertz CT molecular complexity index is 1450. The summed E-state index contributed by atoms with van der Waals surface area (Å²) in [5.74, 6) is -0.855. The fourth-order valence-electron chi connectivity index (χ4n) is 5.27. The van der Waals surface area contributed by atoms with Crippen molar-refractivity contribution in [1.29, 1.82) is 0 Å². The molecule has 1 unspecified atom stereocenters. The van der Waals surface area contributed by atoms with Gasteiger partial charge in [0.25, 0.3) is 5.56 Å². The number of nitrogens with one attached hydrogen (secondary N) is 2. The van der Waals surface area contributed by atoms with Crippen molar-refractivity contribution < 1.29 is 28.3 Å². The van der Waals surface area contributed by atoms with Gasteiger partial charge in [-0.3, -0.25) is 14.1 Å². The van der Waals surface area contributed by atoms with Crippen LogP contribution in [0.2, 0.25) is 0 Å². The van der Waals surface area contributed by atoms with Crippen LogP contribution in [0.25, 0.3) is 11.2 Å². The summed E-state index contributed by atoms with van der Waals surface area (Å²) < 4.78 is 32.9. The molecule has 3 aromatic rings. The molecule has 2 fully saturated rings. The molecule has 3 N–H and O–H groups in total. The number of imidazole rings is 1. The number of fused-ring (bicyclic) bond motifs is 1. The molecule has 5 atom stereocenters. The number of carbonyl (C=O) groups is 1. The van der Waals surface area contributed by atoms with Crippen LogP contribution in [-0.4, -0.2) is 55.5 Å². The van der Waals surface area contributed by atoms with E-state index in [-0.39, 0.29) is 36.0 Å². The monoisotopic (exact) mass is 571 g/mol. The second kappa shape index (κ2) is 12.1. The molecule has 2 aromatic heterocycles. The fourth-order valence-corrected chi connectivity index (χ4v) is 6.78. The molecule has 0 bridgehead atoms. The Morgan fingerprint density at radius 1 is 1.25 bits per heavy atom. The Hall–Kier alpha value is -3.31. The first-order valence-corrected chi connectivity index (χ1v) is 15.0. The van der Waals surface area contributed by atoms with Gasteiger partial charge in [0.1, 0.15) is 17.9 Å². The molecule has 0 radical (unpaired) electrons. The minimum atomic E-state index is -4.12. The third-order valence-corrected chi connectivity index (χ3v) is 9.11. The quantitative estimate of drug-likeness (QED) is 0.186. The minimum absolute atomic E-state index is 0.154. The molecular weight excluding hydrogens is 537 g/mol. The number of carbonyl (C=O) groups excluding carboxylic acids is 1. The van der Waals surface area contributed by atoms with E-state index in [0.29, 0.717) is 11.2 Å². The number of aliphatic hydroxyl groups excluding tert-OH is 1. The highest BCUT2D eigenvalue weighted by molar-refractivity contribution is 7.52. The van der Waals surface area contributed by atoms with E-state index in [1.807, 2.05) is 0 Å². The third-order valence-electron chi connectivity index (χ3n) is 7.47. The van der Waals surface area contributed by atoms with Crippen molar-refractivity contribution in [2.75, 3.05) is 6.61 Å². The van der Waals surface area contributed by atoms with Crippen molar-refractivity contribution in [3.63, 3.8) is 0 Å². The Labute approximate surface area is 231 Å². The highest BCUT2D eigenvalue weighted by atomic mass is 31.2. The van der Waals surface area contributed by atoms with Gasteiger partial charge in [-0.1, -0.05) is 31.2 Å². The predicted molar refractivity (Wildman–Crippen MR) is 147 cm³/mol. The van der Waals surface area contributed by atoms with Crippen LogP contribution in [0.1, 0.15) is 51.5 Å². The van der Waals surface area contributed by atoms with E-state index in [1.54, 1.807) is 41.8 Å². The van der Waals surface area contributed by atoms with E-state index in [1.165, 1.54) is 12.7 Å². The molecule has 13 heteroatoms. The first-order valence-electron chi connectivity index (χ1n) is 13.5. The summed E-state index contributed by atoms with van der Waals surface area (Å²) in [6.07, 6.45) is 6.79. The van der Waals surface area contributed by atoms with Crippen LogP contribution in [-0.2, 0) is 18.6 Å². The van der Waals surface area contributed by atoms with Crippen LogP contribution >= 0.6 is 7.75 Å². The number of nitrogens with zero attached hydrogens (tertiary/aromatic N) is 3. The van der Waals surface area contributed by atoms with Crippen molar-refractivity contribution in [2.45, 2.75) is 69.7 Å². The second-order valence-corrected chi connectivity index (χ2v) is 12.0. The number of aromatic amines is 1. The lowest BCUT2D eigenvalue weighted by molar-refractivity contribution is -0.152. The normalized spacial score (nSPS) is 24.1. The number of esters is 1. The molecule has 0 spiro atoms. The molecule has 2 saturated carbocycles. The van der Waals surface area contributed by atoms with Crippen LogP contribution < -0.4 is 15.2 Å². The summed E-state index contributed by atoms with van der Waals surface area (Å²) in [7, 11) is -4.12. The first-order chi connectivity index (χ1) is 19.2. The lowest BCUT2D eigenvalue weighted by atomic mass is 9.98. The van der Waals surface area contributed by atoms with E-state index in [9.17, 15) is 19.3 Å². The maximum atomic E-state index is 13.9. The molecule has 40 heavy (non-hydrogen) atoms. The Balaban J connectivity index is 1.30. The van der Waals surface area contributed by atoms with Crippen LogP contribution in [0.15, 0.2) is 59.9 Å². The number of ether oxygens (including phenoxy) is 1. The number of hydrogen-bond acceptors (Lipinski definition) is 9. The first kappa shape index (κ1) is 28.2. The second-order valence-electron chi connectivity index (χ2n) is 10.3. The van der Waals surface area contributed by atoms with Gasteiger partial charge in [-0.2, -0.15) is 5.09 Å². The maximum Gasteiger partial charge on any atom is 0.459 e. The van der Waals surface area contributed by atoms with Crippen LogP contribution in [0.5, 0.6) is 5.75 Å². The van der Waals surface area contributed by atoms with E-state index < -0.39 is 37.8 Å². The lowest BCUT2D eigenvalue weighted by Gasteiger charge is -2.27. The number of rotatable bonds is 10. The van der Waals surface area contributed by atoms with Gasteiger partial charge in [-0.15, -0.1) is 0 Å². The zero-order valence-corrected chi connectivity index (χ0v) is 23.2. The summed E-state index contributed by atoms with van der Waals surface area (Å²) >= 11 is 0. The van der Waals surface area contributed by atoms with Gasteiger partial charge in [-0.05, 0) is 56.7 Å². The summed E-state index contributed by atoms with van der Waals surface area (Å²) in [5, 5.41) is 13.6. The number of H-pyrrole nitrogens is 1. The van der Waals surface area contributed by atoms with Gasteiger partial charge in [-0.25, -0.2) is 14.5 Å². The molecule has 0 amide bonds. The van der Waals surface area contributed by atoms with Crippen molar-refractivity contribution in [2.24, 2.45) is 5.92 Å². The smallest absolute Gasteiger partial charge is 0.459 e. The summed E-state index contributed by atoms with van der Waals surface area (Å²) in [6.45, 7) is 5.52. The number of benzene rings is 1. The Morgan fingerprint density at radius 2 is 2.00 bits per heavy atom. The maximum absolute atomic E-state index is 13.9. The average Bonchev–Trinajstić information content (AvgIpc) is 3.49. The van der Waals surface area contributed by atoms with Gasteiger partial charge in [0.05, 0.1) is 31.4 Å². The molecular formula is C27H34N5O7P. The van der Waals surface area contributed by atoms with Gasteiger partial charge >= 0.3 is 13.7 Å². The van der Waals surface area contributed by atoms with Crippen LogP contribution in [0, 0.1) is 5.92 Å². The highest BCUT2D eigenvalue weighted by Crippen LogP contribution is 2.48. The molecule has 2 aliphatic carbocycles. The third kappa shape index (κ3) is 6.20. The van der Waals surface area contributed by atoms with E-state index in [0.717, 1.165) is 32.1 Å². The van der Waals surface area contributed by atoms with Gasteiger partial charge in [0.2, 0.25) is 0 Å². The fraction of sp³-hybridized carbons (Fsp3) is 0.481. The van der Waals surface area contributed by atoms with Gasteiger partial charge < -0.3 is 23.9 Å². The van der Waals surface area contributed by atoms with Gasteiger partial charge in [0, 0.05) is 5.92 Å². The van der Waals surface area contributed by atoms with E-state index >= 15 is 0 Å². The highest BCUT2D eigenvalue weighted by Gasteiger charge is 2.41. The standard InChI is InChI=1S/C27H34N5O7P/c1-17-21(23(33)13-22(17)32-16-30-24-25(32)28-15-29-26(24)34)14-37-40(36,39-20-11-7-4-8-12-20)31-18(2)27(35)38-19-9-5-3-6-10-19/h4,7-8,11-12,15-16,18-19,21-23,33H,1,3,5-6,9-10,13-14H2,2H3,(H,31,36)(H,28,29,34)/t18-,21-,22-,23-,40?/m0/s1. The largest absolute Gasteiger partial charge is 0.461 e. The number of aromatic nitrogens is 4. The zero-order valence-electron chi connectivity index (χ0n) is 22.3. The Morgan fingerprint density at radius 3 is 2.75 bits per heavy atom. The molecule has 0 aliphatic heterocycles. The molecule has 214 valence electrons. The molecule has 0 saturated heterocycles. The average molecular weight is 572 g/mol. The number of hydrogen-bond donors (Lipinski definition) is 3. The van der Waals surface area contributed by atoms with E-state index in [4.69, 9.17) is 13.8 Å². The molecule has 2 heterocycles. The number of aliphatic hydroxyl groups is 1. The van der Waals surface area contributed by atoms with Crippen molar-refractivity contribution in [3.8, 4) is 5.75 Å². The molecule has 5 rings (SSSR count). The molecule has 12 nitrogen and oxygen atoms in total. The van der Waals surface area contributed by atoms with Crippen molar-refractivity contribution >= 4 is 24.9 Å². The summed E-state index contributed by atoms with van der Waals surface area (Å²) in [5.41, 5.74) is 0.788. The minimum Gasteiger partial charge on any atom is -0.461 e. The predicted octanol–water partition coefficient (Wildman–Crippen LogP) is 3.66. The van der Waals surface area contributed by atoms with Crippen LogP contribution in [0.3, 0.4) is 0 Å². The number of para-hydroxylation sites is 1. The Kier molecular flexibility index (Phi) is 8.51. The lowest BCUT2D eigenvalue weighted by Crippen LogP contribution is -2.38. The van der Waals surface area contributed by atoms with E-state index in [2.05, 4.69) is 26.6 Å². The van der Waals surface area contributed by atoms with Gasteiger partial charge in [0.15, 0.2) is 11.2 Å². The van der Waals surface area contributed by atoms with Crippen LogP contribution in [0.4, 0.5) is 0 Å².